The Morgan fingerprint density at radius 1 is 1.52 bits per heavy atom. The molecule has 3 heterocycles. The number of aromatic nitrogens is 3. The van der Waals surface area contributed by atoms with Crippen LogP contribution in [0.1, 0.15) is 47.8 Å². The van der Waals surface area contributed by atoms with Crippen LogP contribution in [-0.4, -0.2) is 39.8 Å². The minimum atomic E-state index is -0.424. The van der Waals surface area contributed by atoms with Gasteiger partial charge in [0.05, 0.1) is 12.8 Å². The van der Waals surface area contributed by atoms with Gasteiger partial charge in [-0.2, -0.15) is 14.9 Å². The Hall–Kier alpha value is -2.62. The predicted octanol–water partition coefficient (Wildman–Crippen LogP) is 1.69. The molecule has 7 nitrogen and oxygen atoms in total. The minimum absolute atomic E-state index is 0.303. The van der Waals surface area contributed by atoms with E-state index in [-0.39, 0.29) is 0 Å². The van der Waals surface area contributed by atoms with E-state index in [4.69, 9.17) is 4.74 Å². The van der Waals surface area contributed by atoms with Gasteiger partial charge < -0.3 is 9.64 Å². The smallest absolute Gasteiger partial charge is 0.357 e. The Kier molecular flexibility index (Phi) is 3.18. The van der Waals surface area contributed by atoms with Gasteiger partial charge in [-0.1, -0.05) is 0 Å². The summed E-state index contributed by atoms with van der Waals surface area (Å²) in [4.78, 5) is 19.0. The lowest BCUT2D eigenvalue weighted by Crippen LogP contribution is -2.39. The summed E-state index contributed by atoms with van der Waals surface area (Å²) in [5, 5.41) is 13.6. The second-order valence-electron chi connectivity index (χ2n) is 5.92. The number of nitrogens with zero attached hydrogens (tertiary/aromatic N) is 5. The molecule has 1 fully saturated rings. The first-order valence-corrected chi connectivity index (χ1v) is 7.99. The van der Waals surface area contributed by atoms with Gasteiger partial charge in [-0.05, 0) is 32.6 Å². The molecule has 0 atom stereocenters. The molecule has 0 N–H and O–H groups in total. The summed E-state index contributed by atoms with van der Waals surface area (Å²) in [5.41, 5.74) is 2.02. The van der Waals surface area contributed by atoms with E-state index in [1.54, 1.807) is 11.4 Å². The Morgan fingerprint density at radius 2 is 2.35 bits per heavy atom. The highest BCUT2D eigenvalue weighted by Crippen LogP contribution is 2.37. The Bertz CT molecular complexity index is 831. The molecule has 0 unspecified atom stereocenters. The molecule has 0 amide bonds. The van der Waals surface area contributed by atoms with E-state index in [1.807, 2.05) is 0 Å². The van der Waals surface area contributed by atoms with Gasteiger partial charge in [-0.15, -0.1) is 0 Å². The molecule has 1 aliphatic heterocycles. The maximum absolute atomic E-state index is 12.3. The van der Waals surface area contributed by atoms with E-state index in [9.17, 15) is 10.1 Å². The maximum Gasteiger partial charge on any atom is 0.357 e. The molecule has 7 heteroatoms. The summed E-state index contributed by atoms with van der Waals surface area (Å²) in [5.74, 6) is 0.482. The lowest BCUT2D eigenvalue weighted by atomic mass is 9.92. The SMILES string of the molecule is CCOC(=O)c1nc2c(C#N)cnn2c2c1CCN2C1CCC1. The zero-order chi connectivity index (χ0) is 16.0. The molecule has 0 radical (unpaired) electrons. The third-order valence-electron chi connectivity index (χ3n) is 4.70. The highest BCUT2D eigenvalue weighted by Gasteiger charge is 2.36. The normalized spacial score (nSPS) is 17.0. The second kappa shape index (κ2) is 5.23. The van der Waals surface area contributed by atoms with Crippen LogP contribution in [-0.2, 0) is 11.2 Å². The third kappa shape index (κ3) is 1.98. The maximum atomic E-state index is 12.3. The Morgan fingerprint density at radius 3 is 3.00 bits per heavy atom. The first kappa shape index (κ1) is 14.0. The molecule has 1 aliphatic carbocycles. The van der Waals surface area contributed by atoms with Gasteiger partial charge in [-0.3, -0.25) is 0 Å². The van der Waals surface area contributed by atoms with Crippen LogP contribution in [0.2, 0.25) is 0 Å². The van der Waals surface area contributed by atoms with Crippen LogP contribution in [0.5, 0.6) is 0 Å². The number of hydrogen-bond acceptors (Lipinski definition) is 6. The second-order valence-corrected chi connectivity index (χ2v) is 5.92. The summed E-state index contributed by atoms with van der Waals surface area (Å²) in [6.45, 7) is 2.93. The zero-order valence-corrected chi connectivity index (χ0v) is 12.9. The standard InChI is InChI=1S/C16H17N5O2/c1-2-23-16(22)13-12-6-7-20(11-4-3-5-11)15(12)21-14(19-13)10(8-17)9-18-21/h9,11H,2-7H2,1H3. The monoisotopic (exact) mass is 311 g/mol. The summed E-state index contributed by atoms with van der Waals surface area (Å²) in [7, 11) is 0. The number of carbonyl (C=O) groups is 1. The van der Waals surface area contributed by atoms with Crippen molar-refractivity contribution in [1.29, 1.82) is 5.26 Å². The van der Waals surface area contributed by atoms with Crippen LogP contribution in [0.25, 0.3) is 5.65 Å². The lowest BCUT2D eigenvalue weighted by molar-refractivity contribution is 0.0518. The summed E-state index contributed by atoms with van der Waals surface area (Å²) in [6.07, 6.45) is 5.81. The van der Waals surface area contributed by atoms with E-state index < -0.39 is 5.97 Å². The van der Waals surface area contributed by atoms with Crippen LogP contribution in [0.4, 0.5) is 5.82 Å². The number of nitriles is 1. The van der Waals surface area contributed by atoms with E-state index in [1.165, 1.54) is 12.6 Å². The average molecular weight is 311 g/mol. The largest absolute Gasteiger partial charge is 0.461 e. The van der Waals surface area contributed by atoms with Crippen molar-refractivity contribution in [2.24, 2.45) is 0 Å². The quantitative estimate of drug-likeness (QED) is 0.802. The van der Waals surface area contributed by atoms with Gasteiger partial charge >= 0.3 is 5.97 Å². The number of anilines is 1. The molecule has 0 bridgehead atoms. The van der Waals surface area contributed by atoms with E-state index >= 15 is 0 Å². The molecular formula is C16H17N5O2. The van der Waals surface area contributed by atoms with Crippen molar-refractivity contribution in [3.8, 4) is 6.07 Å². The van der Waals surface area contributed by atoms with Gasteiger partial charge in [0.15, 0.2) is 11.3 Å². The predicted molar refractivity (Wildman–Crippen MR) is 82.3 cm³/mol. The number of esters is 1. The number of ether oxygens (including phenoxy) is 1. The molecule has 0 spiro atoms. The molecule has 2 aromatic heterocycles. The molecule has 1 saturated carbocycles. The molecule has 118 valence electrons. The molecule has 2 aromatic rings. The van der Waals surface area contributed by atoms with Crippen molar-refractivity contribution in [1.82, 2.24) is 14.6 Å². The number of rotatable bonds is 3. The fourth-order valence-corrected chi connectivity index (χ4v) is 3.38. The molecular weight excluding hydrogens is 294 g/mol. The van der Waals surface area contributed by atoms with Gasteiger partial charge in [-0.25, -0.2) is 9.78 Å². The van der Waals surface area contributed by atoms with Crippen molar-refractivity contribution in [2.45, 2.75) is 38.6 Å². The Balaban J connectivity index is 1.94. The van der Waals surface area contributed by atoms with E-state index in [0.29, 0.717) is 29.6 Å². The number of fused-ring (bicyclic) bond motifs is 3. The Labute approximate surface area is 133 Å². The van der Waals surface area contributed by atoms with Gasteiger partial charge in [0.25, 0.3) is 0 Å². The van der Waals surface area contributed by atoms with Crippen molar-refractivity contribution < 1.29 is 9.53 Å². The molecule has 0 aromatic carbocycles. The highest BCUT2D eigenvalue weighted by molar-refractivity contribution is 5.92. The molecule has 4 rings (SSSR count). The van der Waals surface area contributed by atoms with Crippen LogP contribution in [0.15, 0.2) is 6.20 Å². The zero-order valence-electron chi connectivity index (χ0n) is 12.9. The van der Waals surface area contributed by atoms with Crippen LogP contribution >= 0.6 is 0 Å². The molecule has 23 heavy (non-hydrogen) atoms. The van der Waals surface area contributed by atoms with Gasteiger partial charge in [0.1, 0.15) is 17.5 Å². The van der Waals surface area contributed by atoms with Gasteiger partial charge in [0, 0.05) is 18.2 Å². The van der Waals surface area contributed by atoms with Crippen LogP contribution in [0, 0.1) is 11.3 Å². The number of carbonyl (C=O) groups excluding carboxylic acids is 1. The molecule has 0 saturated heterocycles. The van der Waals surface area contributed by atoms with Crippen molar-refractivity contribution in [3.63, 3.8) is 0 Å². The lowest BCUT2D eigenvalue weighted by Gasteiger charge is -2.36. The van der Waals surface area contributed by atoms with Crippen LogP contribution < -0.4 is 4.90 Å². The van der Waals surface area contributed by atoms with Crippen molar-refractivity contribution in [2.75, 3.05) is 18.1 Å². The highest BCUT2D eigenvalue weighted by atomic mass is 16.5. The van der Waals surface area contributed by atoms with Crippen molar-refractivity contribution in [3.05, 3.63) is 23.0 Å². The summed E-state index contributed by atoms with van der Waals surface area (Å²) < 4.78 is 6.87. The first-order chi connectivity index (χ1) is 11.2. The average Bonchev–Trinajstić information content (AvgIpc) is 3.08. The summed E-state index contributed by atoms with van der Waals surface area (Å²) in [6, 6.07) is 2.59. The number of hydrogen-bond donors (Lipinski definition) is 0. The first-order valence-electron chi connectivity index (χ1n) is 7.99. The fraction of sp³-hybridized carbons (Fsp3) is 0.500. The van der Waals surface area contributed by atoms with E-state index in [0.717, 1.165) is 37.2 Å². The topological polar surface area (TPSA) is 83.5 Å². The molecule has 2 aliphatic rings. The third-order valence-corrected chi connectivity index (χ3v) is 4.70. The van der Waals surface area contributed by atoms with Crippen molar-refractivity contribution >= 4 is 17.4 Å². The fourth-order valence-electron chi connectivity index (χ4n) is 3.38. The van der Waals surface area contributed by atoms with Gasteiger partial charge in [0.2, 0.25) is 0 Å². The van der Waals surface area contributed by atoms with Crippen LogP contribution in [0.3, 0.4) is 0 Å². The minimum Gasteiger partial charge on any atom is -0.461 e. The summed E-state index contributed by atoms with van der Waals surface area (Å²) >= 11 is 0. The van der Waals surface area contributed by atoms with E-state index in [2.05, 4.69) is 21.1 Å².